The third-order valence-corrected chi connectivity index (χ3v) is 4.89. The van der Waals surface area contributed by atoms with Gasteiger partial charge in [0.25, 0.3) is 5.69 Å². The number of nitrogens with zero attached hydrogens (tertiary/aromatic N) is 1. The van der Waals surface area contributed by atoms with Gasteiger partial charge in [-0.3, -0.25) is 14.9 Å². The van der Waals surface area contributed by atoms with Crippen LogP contribution in [0.5, 0.6) is 5.75 Å². The fourth-order valence-corrected chi connectivity index (χ4v) is 3.81. The van der Waals surface area contributed by atoms with Gasteiger partial charge in [0.05, 0.1) is 17.1 Å². The van der Waals surface area contributed by atoms with Crippen molar-refractivity contribution in [2.24, 2.45) is 17.8 Å². The van der Waals surface area contributed by atoms with Gasteiger partial charge in [-0.15, -0.1) is 0 Å². The zero-order valence-corrected chi connectivity index (χ0v) is 12.1. The van der Waals surface area contributed by atoms with Gasteiger partial charge in [-0.25, -0.2) is 0 Å². The van der Waals surface area contributed by atoms with Crippen LogP contribution >= 0.6 is 0 Å². The summed E-state index contributed by atoms with van der Waals surface area (Å²) in [5.41, 5.74) is 0.222. The van der Waals surface area contributed by atoms with E-state index in [-0.39, 0.29) is 11.5 Å². The van der Waals surface area contributed by atoms with Crippen LogP contribution in [0.4, 0.5) is 5.69 Å². The Morgan fingerprint density at radius 1 is 1.38 bits per heavy atom. The average molecular weight is 289 g/mol. The van der Waals surface area contributed by atoms with Crippen molar-refractivity contribution in [2.75, 3.05) is 6.61 Å². The third-order valence-electron chi connectivity index (χ3n) is 4.89. The lowest BCUT2D eigenvalue weighted by molar-refractivity contribution is -0.384. The highest BCUT2D eigenvalue weighted by atomic mass is 16.6. The standard InChI is InChI=1S/C16H19NO4/c1-10(18)15-8-14(17(19)20)4-5-16(15)21-9-13-7-11-2-3-12(13)6-11/h4-5,8,11-13H,2-3,6-7,9H2,1H3. The Labute approximate surface area is 123 Å². The fourth-order valence-electron chi connectivity index (χ4n) is 3.81. The molecule has 3 rings (SSSR count). The average Bonchev–Trinajstić information content (AvgIpc) is 3.07. The Morgan fingerprint density at radius 2 is 2.19 bits per heavy atom. The minimum Gasteiger partial charge on any atom is -0.493 e. The number of carbonyl (C=O) groups excluding carboxylic acids is 1. The summed E-state index contributed by atoms with van der Waals surface area (Å²) < 4.78 is 5.83. The van der Waals surface area contributed by atoms with Crippen molar-refractivity contribution < 1.29 is 14.5 Å². The van der Waals surface area contributed by atoms with E-state index in [4.69, 9.17) is 4.74 Å². The Hall–Kier alpha value is -1.91. The predicted molar refractivity (Wildman–Crippen MR) is 77.5 cm³/mol. The minimum atomic E-state index is -0.494. The summed E-state index contributed by atoms with van der Waals surface area (Å²) in [6.07, 6.45) is 5.16. The fraction of sp³-hybridized carbons (Fsp3) is 0.562. The van der Waals surface area contributed by atoms with Gasteiger partial charge in [-0.2, -0.15) is 0 Å². The number of hydrogen-bond donors (Lipinski definition) is 0. The summed E-state index contributed by atoms with van der Waals surface area (Å²) in [4.78, 5) is 22.0. The predicted octanol–water partition coefficient (Wildman–Crippen LogP) is 3.61. The van der Waals surface area contributed by atoms with Crippen LogP contribution in [-0.2, 0) is 0 Å². The molecular formula is C16H19NO4. The molecule has 5 heteroatoms. The molecule has 2 saturated carbocycles. The maximum Gasteiger partial charge on any atom is 0.270 e. The van der Waals surface area contributed by atoms with Crippen molar-refractivity contribution in [3.63, 3.8) is 0 Å². The number of carbonyl (C=O) groups is 1. The largest absolute Gasteiger partial charge is 0.493 e. The molecule has 3 unspecified atom stereocenters. The lowest BCUT2D eigenvalue weighted by Gasteiger charge is -2.22. The molecule has 0 aromatic heterocycles. The number of ether oxygens (including phenoxy) is 1. The first-order valence-electron chi connectivity index (χ1n) is 7.46. The molecule has 0 heterocycles. The highest BCUT2D eigenvalue weighted by Crippen LogP contribution is 2.48. The summed E-state index contributed by atoms with van der Waals surface area (Å²) in [7, 11) is 0. The molecule has 0 amide bonds. The molecule has 0 radical (unpaired) electrons. The van der Waals surface area contributed by atoms with Crippen molar-refractivity contribution in [3.8, 4) is 5.75 Å². The summed E-state index contributed by atoms with van der Waals surface area (Å²) in [5.74, 6) is 2.44. The highest BCUT2D eigenvalue weighted by molar-refractivity contribution is 5.97. The lowest BCUT2D eigenvalue weighted by Crippen LogP contribution is -2.19. The SMILES string of the molecule is CC(=O)c1cc([N+](=O)[O-])ccc1OCC1CC2CCC1C2. The molecule has 112 valence electrons. The summed E-state index contributed by atoms with van der Waals surface area (Å²) >= 11 is 0. The maximum atomic E-state index is 11.7. The lowest BCUT2D eigenvalue weighted by atomic mass is 9.89. The van der Waals surface area contributed by atoms with Crippen LogP contribution in [0, 0.1) is 27.9 Å². The molecule has 0 saturated heterocycles. The number of hydrogen-bond acceptors (Lipinski definition) is 4. The molecule has 0 spiro atoms. The van der Waals surface area contributed by atoms with Crippen LogP contribution in [-0.4, -0.2) is 17.3 Å². The molecule has 5 nitrogen and oxygen atoms in total. The van der Waals surface area contributed by atoms with Gasteiger partial charge in [0.2, 0.25) is 0 Å². The highest BCUT2D eigenvalue weighted by Gasteiger charge is 2.39. The zero-order valence-electron chi connectivity index (χ0n) is 12.1. The molecule has 1 aromatic carbocycles. The number of nitro benzene ring substituents is 1. The van der Waals surface area contributed by atoms with Gasteiger partial charge >= 0.3 is 0 Å². The molecule has 0 aliphatic heterocycles. The molecule has 1 aromatic rings. The topological polar surface area (TPSA) is 69.4 Å². The monoisotopic (exact) mass is 289 g/mol. The maximum absolute atomic E-state index is 11.7. The quantitative estimate of drug-likeness (QED) is 0.471. The first kappa shape index (κ1) is 14.0. The van der Waals surface area contributed by atoms with Crippen molar-refractivity contribution in [1.29, 1.82) is 0 Å². The van der Waals surface area contributed by atoms with Crippen LogP contribution < -0.4 is 4.74 Å². The molecule has 2 fully saturated rings. The number of rotatable bonds is 5. The second-order valence-electron chi connectivity index (χ2n) is 6.24. The number of ketones is 1. The normalized spacial score (nSPS) is 26.8. The van der Waals surface area contributed by atoms with E-state index in [0.29, 0.717) is 23.8 Å². The number of benzene rings is 1. The van der Waals surface area contributed by atoms with E-state index < -0.39 is 4.92 Å². The van der Waals surface area contributed by atoms with E-state index in [1.54, 1.807) is 6.07 Å². The van der Waals surface area contributed by atoms with Crippen molar-refractivity contribution in [1.82, 2.24) is 0 Å². The molecule has 2 bridgehead atoms. The number of non-ortho nitro benzene ring substituents is 1. The first-order valence-corrected chi connectivity index (χ1v) is 7.46. The summed E-state index contributed by atoms with van der Waals surface area (Å²) in [6.45, 7) is 2.02. The Balaban J connectivity index is 1.72. The third kappa shape index (κ3) is 2.77. The van der Waals surface area contributed by atoms with E-state index in [1.807, 2.05) is 0 Å². The minimum absolute atomic E-state index is 0.0764. The van der Waals surface area contributed by atoms with Gasteiger partial charge in [0, 0.05) is 12.1 Å². The van der Waals surface area contributed by atoms with Crippen LogP contribution in [0.25, 0.3) is 0 Å². The summed E-state index contributed by atoms with van der Waals surface area (Å²) in [5, 5.41) is 10.8. The van der Waals surface area contributed by atoms with Crippen molar-refractivity contribution in [2.45, 2.75) is 32.6 Å². The number of nitro groups is 1. The van der Waals surface area contributed by atoms with Crippen LogP contribution in [0.2, 0.25) is 0 Å². The Kier molecular flexibility index (Phi) is 3.66. The second-order valence-corrected chi connectivity index (χ2v) is 6.24. The molecule has 2 aliphatic rings. The molecule has 2 aliphatic carbocycles. The van der Waals surface area contributed by atoms with Crippen molar-refractivity contribution in [3.05, 3.63) is 33.9 Å². The molecule has 3 atom stereocenters. The smallest absolute Gasteiger partial charge is 0.270 e. The van der Waals surface area contributed by atoms with E-state index in [2.05, 4.69) is 0 Å². The zero-order chi connectivity index (χ0) is 15.0. The van der Waals surface area contributed by atoms with Crippen LogP contribution in [0.3, 0.4) is 0 Å². The van der Waals surface area contributed by atoms with E-state index >= 15 is 0 Å². The van der Waals surface area contributed by atoms with Gasteiger partial charge < -0.3 is 4.74 Å². The van der Waals surface area contributed by atoms with E-state index in [1.165, 1.54) is 44.7 Å². The van der Waals surface area contributed by atoms with Gasteiger partial charge in [0.1, 0.15) is 5.75 Å². The van der Waals surface area contributed by atoms with Crippen LogP contribution in [0.15, 0.2) is 18.2 Å². The first-order chi connectivity index (χ1) is 10.0. The Bertz CT molecular complexity index is 584. The summed E-state index contributed by atoms with van der Waals surface area (Å²) in [6, 6.07) is 4.24. The Morgan fingerprint density at radius 3 is 2.76 bits per heavy atom. The van der Waals surface area contributed by atoms with Crippen molar-refractivity contribution >= 4 is 11.5 Å². The molecule has 0 N–H and O–H groups in total. The number of fused-ring (bicyclic) bond motifs is 2. The molecule has 21 heavy (non-hydrogen) atoms. The number of Topliss-reactive ketones (excluding diaryl/α,β-unsaturated/α-hetero) is 1. The van der Waals surface area contributed by atoms with Gasteiger partial charge in [-0.05, 0) is 50.0 Å². The second kappa shape index (κ2) is 5.47. The van der Waals surface area contributed by atoms with E-state index in [0.717, 1.165) is 11.8 Å². The van der Waals surface area contributed by atoms with Gasteiger partial charge in [-0.1, -0.05) is 6.42 Å². The van der Waals surface area contributed by atoms with Crippen LogP contribution in [0.1, 0.15) is 43.0 Å². The van der Waals surface area contributed by atoms with E-state index in [9.17, 15) is 14.9 Å². The molecular weight excluding hydrogens is 270 g/mol. The van der Waals surface area contributed by atoms with Gasteiger partial charge in [0.15, 0.2) is 5.78 Å².